The van der Waals surface area contributed by atoms with E-state index < -0.39 is 17.5 Å². The van der Waals surface area contributed by atoms with Crippen molar-refractivity contribution in [3.63, 3.8) is 0 Å². The molecule has 4 nitrogen and oxygen atoms in total. The zero-order valence-corrected chi connectivity index (χ0v) is 13.9. The summed E-state index contributed by atoms with van der Waals surface area (Å²) in [6.45, 7) is 0.887. The van der Waals surface area contributed by atoms with E-state index in [9.17, 15) is 18.4 Å². The lowest BCUT2D eigenvalue weighted by Gasteiger charge is -2.38. The largest absolute Gasteiger partial charge is 0.352 e. The fourth-order valence-electron chi connectivity index (χ4n) is 2.56. The molecular formula is C18H15ClF2N2O2. The number of nitrogens with zero attached hydrogens (tertiary/aromatic N) is 1. The first-order valence-corrected chi connectivity index (χ1v) is 8.08. The van der Waals surface area contributed by atoms with Gasteiger partial charge in [-0.15, -0.1) is 0 Å². The van der Waals surface area contributed by atoms with E-state index in [1.165, 1.54) is 11.0 Å². The van der Waals surface area contributed by atoms with Gasteiger partial charge in [-0.1, -0.05) is 23.7 Å². The maximum Gasteiger partial charge on any atom is 0.254 e. The molecule has 0 spiro atoms. The average Bonchev–Trinajstić information content (AvgIpc) is 2.55. The van der Waals surface area contributed by atoms with Gasteiger partial charge in [0.1, 0.15) is 0 Å². The van der Waals surface area contributed by atoms with Crippen LogP contribution in [-0.2, 0) is 11.3 Å². The first kappa shape index (κ1) is 17.4. The molecule has 0 atom stereocenters. The molecule has 1 aliphatic heterocycles. The number of amides is 2. The average molecular weight is 365 g/mol. The standard InChI is InChI=1S/C18H15ClF2N2O2/c19-14-4-1-11(2-5-14)8-22-17(24)13-9-23(10-13)18(25)12-3-6-15(20)16(21)7-12/h1-7,13H,8-10H2,(H,22,24). The highest BCUT2D eigenvalue weighted by atomic mass is 35.5. The number of halogens is 3. The van der Waals surface area contributed by atoms with Crippen molar-refractivity contribution in [2.24, 2.45) is 5.92 Å². The zero-order chi connectivity index (χ0) is 18.0. The quantitative estimate of drug-likeness (QED) is 0.906. The molecular weight excluding hydrogens is 350 g/mol. The number of rotatable bonds is 4. The summed E-state index contributed by atoms with van der Waals surface area (Å²) < 4.78 is 26.1. The first-order chi connectivity index (χ1) is 11.9. The number of carbonyl (C=O) groups excluding carboxylic acids is 2. The summed E-state index contributed by atoms with van der Waals surface area (Å²) >= 11 is 5.80. The number of likely N-dealkylation sites (tertiary alicyclic amines) is 1. The second kappa shape index (κ2) is 7.19. The van der Waals surface area contributed by atoms with Gasteiger partial charge in [0.25, 0.3) is 5.91 Å². The molecule has 0 unspecified atom stereocenters. The fraction of sp³-hybridized carbons (Fsp3) is 0.222. The van der Waals surface area contributed by atoms with Crippen molar-refractivity contribution >= 4 is 23.4 Å². The third kappa shape index (κ3) is 3.96. The summed E-state index contributed by atoms with van der Waals surface area (Å²) in [5.41, 5.74) is 0.991. The van der Waals surface area contributed by atoms with Crippen molar-refractivity contribution in [1.82, 2.24) is 10.2 Å². The minimum atomic E-state index is -1.07. The van der Waals surface area contributed by atoms with Gasteiger partial charge in [-0.25, -0.2) is 8.78 Å². The number of hydrogen-bond acceptors (Lipinski definition) is 2. The lowest BCUT2D eigenvalue weighted by Crippen LogP contribution is -2.55. The van der Waals surface area contributed by atoms with E-state index in [0.29, 0.717) is 11.6 Å². The lowest BCUT2D eigenvalue weighted by atomic mass is 9.97. The normalized spacial score (nSPS) is 14.1. The second-order valence-electron chi connectivity index (χ2n) is 5.88. The molecule has 1 aliphatic rings. The molecule has 0 bridgehead atoms. The molecule has 0 aliphatic carbocycles. The van der Waals surface area contributed by atoms with E-state index >= 15 is 0 Å². The first-order valence-electron chi connectivity index (χ1n) is 7.70. The number of benzene rings is 2. The van der Waals surface area contributed by atoms with Gasteiger partial charge in [-0.3, -0.25) is 9.59 Å². The molecule has 0 aromatic heterocycles. The van der Waals surface area contributed by atoms with Crippen LogP contribution in [0, 0.1) is 17.6 Å². The van der Waals surface area contributed by atoms with Gasteiger partial charge >= 0.3 is 0 Å². The van der Waals surface area contributed by atoms with Gasteiger partial charge in [0.2, 0.25) is 5.91 Å². The van der Waals surface area contributed by atoms with E-state index in [0.717, 1.165) is 17.7 Å². The SMILES string of the molecule is O=C(NCc1ccc(Cl)cc1)C1CN(C(=O)c2ccc(F)c(F)c2)C1. The molecule has 2 aromatic rings. The molecule has 25 heavy (non-hydrogen) atoms. The van der Waals surface area contributed by atoms with Crippen LogP contribution >= 0.6 is 11.6 Å². The molecule has 0 radical (unpaired) electrons. The van der Waals surface area contributed by atoms with Gasteiger partial charge in [0, 0.05) is 30.2 Å². The van der Waals surface area contributed by atoms with Crippen molar-refractivity contribution in [1.29, 1.82) is 0 Å². The highest BCUT2D eigenvalue weighted by Gasteiger charge is 2.36. The summed E-state index contributed by atoms with van der Waals surface area (Å²) in [6, 6.07) is 10.1. The molecule has 2 amide bonds. The van der Waals surface area contributed by atoms with Gasteiger partial charge in [0.05, 0.1) is 5.92 Å². The molecule has 3 rings (SSSR count). The predicted molar refractivity (Wildman–Crippen MR) is 89.1 cm³/mol. The highest BCUT2D eigenvalue weighted by Crippen LogP contribution is 2.20. The predicted octanol–water partition coefficient (Wildman–Crippen LogP) is 3.01. The number of hydrogen-bond donors (Lipinski definition) is 1. The summed E-state index contributed by atoms with van der Waals surface area (Å²) in [5, 5.41) is 3.43. The van der Waals surface area contributed by atoms with E-state index in [2.05, 4.69) is 5.32 Å². The second-order valence-corrected chi connectivity index (χ2v) is 6.32. The monoisotopic (exact) mass is 364 g/mol. The smallest absolute Gasteiger partial charge is 0.254 e. The molecule has 1 N–H and O–H groups in total. The van der Waals surface area contributed by atoms with Crippen molar-refractivity contribution < 1.29 is 18.4 Å². The van der Waals surface area contributed by atoms with Crippen molar-refractivity contribution in [3.05, 3.63) is 70.2 Å². The maximum absolute atomic E-state index is 13.2. The lowest BCUT2D eigenvalue weighted by molar-refractivity contribution is -0.129. The van der Waals surface area contributed by atoms with E-state index in [4.69, 9.17) is 11.6 Å². The number of nitrogens with one attached hydrogen (secondary N) is 1. The third-order valence-electron chi connectivity index (χ3n) is 4.09. The molecule has 1 saturated heterocycles. The molecule has 2 aromatic carbocycles. The Morgan fingerprint density at radius 2 is 1.76 bits per heavy atom. The molecule has 0 saturated carbocycles. The van der Waals surface area contributed by atoms with Crippen LogP contribution in [0.15, 0.2) is 42.5 Å². The number of carbonyl (C=O) groups is 2. The Kier molecular flexibility index (Phi) is 4.99. The van der Waals surface area contributed by atoms with Crippen LogP contribution in [0.2, 0.25) is 5.02 Å². The fourth-order valence-corrected chi connectivity index (χ4v) is 2.68. The molecule has 7 heteroatoms. The van der Waals surface area contributed by atoms with Crippen molar-refractivity contribution in [2.75, 3.05) is 13.1 Å². The van der Waals surface area contributed by atoms with Crippen molar-refractivity contribution in [2.45, 2.75) is 6.54 Å². The van der Waals surface area contributed by atoms with Crippen molar-refractivity contribution in [3.8, 4) is 0 Å². The van der Waals surface area contributed by atoms with Crippen LogP contribution in [0.4, 0.5) is 8.78 Å². The van der Waals surface area contributed by atoms with Crippen LogP contribution in [0.1, 0.15) is 15.9 Å². The minimum Gasteiger partial charge on any atom is -0.352 e. The van der Waals surface area contributed by atoms with Crippen LogP contribution in [0.25, 0.3) is 0 Å². The zero-order valence-electron chi connectivity index (χ0n) is 13.1. The Morgan fingerprint density at radius 1 is 1.08 bits per heavy atom. The minimum absolute atomic E-state index is 0.0684. The van der Waals surface area contributed by atoms with Crippen LogP contribution in [0.5, 0.6) is 0 Å². The van der Waals surface area contributed by atoms with Crippen LogP contribution in [-0.4, -0.2) is 29.8 Å². The summed E-state index contributed by atoms with van der Waals surface area (Å²) in [6.07, 6.45) is 0. The summed E-state index contributed by atoms with van der Waals surface area (Å²) in [4.78, 5) is 25.7. The van der Waals surface area contributed by atoms with E-state index in [-0.39, 0.29) is 30.5 Å². The summed E-state index contributed by atoms with van der Waals surface area (Å²) in [7, 11) is 0. The van der Waals surface area contributed by atoms with Gasteiger partial charge in [0.15, 0.2) is 11.6 Å². The molecule has 1 fully saturated rings. The van der Waals surface area contributed by atoms with Crippen LogP contribution in [0.3, 0.4) is 0 Å². The van der Waals surface area contributed by atoms with Gasteiger partial charge in [-0.05, 0) is 35.9 Å². The van der Waals surface area contributed by atoms with E-state index in [1.807, 2.05) is 12.1 Å². The Labute approximate surface area is 148 Å². The Bertz CT molecular complexity index is 805. The topological polar surface area (TPSA) is 49.4 Å². The molecule has 130 valence electrons. The highest BCUT2D eigenvalue weighted by molar-refractivity contribution is 6.30. The van der Waals surface area contributed by atoms with E-state index in [1.54, 1.807) is 12.1 Å². The maximum atomic E-state index is 13.2. The van der Waals surface area contributed by atoms with Gasteiger partial charge < -0.3 is 10.2 Å². The van der Waals surface area contributed by atoms with Crippen LogP contribution < -0.4 is 5.32 Å². The Morgan fingerprint density at radius 3 is 2.40 bits per heavy atom. The molecule has 1 heterocycles. The summed E-state index contributed by atoms with van der Waals surface area (Å²) in [5.74, 6) is -2.94. The Balaban J connectivity index is 1.49. The van der Waals surface area contributed by atoms with Gasteiger partial charge in [-0.2, -0.15) is 0 Å². The Hall–Kier alpha value is -2.47. The third-order valence-corrected chi connectivity index (χ3v) is 4.34.